The number of aromatic carboxylic acids is 1. The first-order valence-electron chi connectivity index (χ1n) is 10.5. The first-order valence-corrected chi connectivity index (χ1v) is 12.1. The molecule has 0 bridgehead atoms. The van der Waals surface area contributed by atoms with Crippen molar-refractivity contribution in [2.75, 3.05) is 12.4 Å². The van der Waals surface area contributed by atoms with Gasteiger partial charge in [-0.3, -0.25) is 0 Å². The Hall–Kier alpha value is -3.88. The van der Waals surface area contributed by atoms with Crippen LogP contribution in [0.5, 0.6) is 11.5 Å². The van der Waals surface area contributed by atoms with Gasteiger partial charge < -0.3 is 14.7 Å². The summed E-state index contributed by atoms with van der Waals surface area (Å²) in [4.78, 5) is 21.5. The quantitative estimate of drug-likeness (QED) is 0.197. The molecule has 4 rings (SSSR count). The Kier molecular flexibility index (Phi) is 7.10. The lowest BCUT2D eigenvalue weighted by Crippen LogP contribution is -2.15. The minimum absolute atomic E-state index is 0.00207. The van der Waals surface area contributed by atoms with Crippen molar-refractivity contribution in [2.45, 2.75) is 11.5 Å². The van der Waals surface area contributed by atoms with Crippen LogP contribution in [0.4, 0.5) is 0 Å². The predicted molar refractivity (Wildman–Crippen MR) is 127 cm³/mol. The normalized spacial score (nSPS) is 11.3. The summed E-state index contributed by atoms with van der Waals surface area (Å²) in [5.74, 6) is -0.940. The van der Waals surface area contributed by atoms with Crippen LogP contribution in [0.15, 0.2) is 95.9 Å². The van der Waals surface area contributed by atoms with E-state index in [1.54, 1.807) is 30.3 Å². The molecule has 7 nitrogen and oxygen atoms in total. The summed E-state index contributed by atoms with van der Waals surface area (Å²) in [7, 11) is -3.73. The van der Waals surface area contributed by atoms with Crippen molar-refractivity contribution >= 4 is 26.6 Å². The van der Waals surface area contributed by atoms with E-state index < -0.39 is 15.8 Å². The van der Waals surface area contributed by atoms with Gasteiger partial charge in [-0.15, -0.1) is 0 Å². The van der Waals surface area contributed by atoms with E-state index in [4.69, 9.17) is 14.5 Å². The zero-order chi connectivity index (χ0) is 24.0. The highest BCUT2D eigenvalue weighted by Crippen LogP contribution is 2.32. The highest BCUT2D eigenvalue weighted by atomic mass is 32.2. The van der Waals surface area contributed by atoms with Crippen LogP contribution in [0.25, 0.3) is 10.8 Å². The van der Waals surface area contributed by atoms with Gasteiger partial charge in [0.2, 0.25) is 0 Å². The number of carboxylic acids is 1. The van der Waals surface area contributed by atoms with Crippen molar-refractivity contribution in [2.24, 2.45) is 0 Å². The third kappa shape index (κ3) is 5.36. The molecule has 4 aromatic carbocycles. The number of fused-ring (bicyclic) bond motifs is 1. The molecule has 4 aromatic rings. The molecule has 0 aliphatic rings. The van der Waals surface area contributed by atoms with E-state index in [0.717, 1.165) is 5.56 Å². The van der Waals surface area contributed by atoms with Crippen LogP contribution >= 0.6 is 0 Å². The van der Waals surface area contributed by atoms with Crippen LogP contribution in [0.3, 0.4) is 0 Å². The zero-order valence-electron chi connectivity index (χ0n) is 18.1. The molecule has 0 aliphatic heterocycles. The predicted octanol–water partition coefficient (Wildman–Crippen LogP) is 4.90. The van der Waals surface area contributed by atoms with E-state index in [1.807, 2.05) is 42.5 Å². The van der Waals surface area contributed by atoms with Crippen LogP contribution in [0.1, 0.15) is 15.9 Å². The fourth-order valence-corrected chi connectivity index (χ4v) is 4.75. The SMILES string of the molecule is O=C(O)c1ccccc1OOCCS(=O)(=O)c1ccc(OCc2ccccc2)c2ccccc12. The van der Waals surface area contributed by atoms with E-state index in [2.05, 4.69) is 0 Å². The molecule has 0 fully saturated rings. The summed E-state index contributed by atoms with van der Waals surface area (Å²) in [6.45, 7) is 0.0802. The smallest absolute Gasteiger partial charge is 0.339 e. The van der Waals surface area contributed by atoms with Gasteiger partial charge in [-0.25, -0.2) is 13.2 Å². The molecule has 0 saturated heterocycles. The molecule has 0 heterocycles. The Balaban J connectivity index is 1.47. The van der Waals surface area contributed by atoms with Crippen molar-refractivity contribution < 1.29 is 32.8 Å². The summed E-state index contributed by atoms with van der Waals surface area (Å²) < 4.78 is 32.1. The molecule has 0 spiro atoms. The van der Waals surface area contributed by atoms with E-state index >= 15 is 0 Å². The minimum Gasteiger partial charge on any atom is -0.488 e. The number of rotatable bonds is 10. The molecular formula is C26H22O7S. The molecular weight excluding hydrogens is 456 g/mol. The largest absolute Gasteiger partial charge is 0.488 e. The minimum atomic E-state index is -3.73. The lowest BCUT2D eigenvalue weighted by Gasteiger charge is -2.13. The number of hydrogen-bond acceptors (Lipinski definition) is 6. The molecule has 0 aromatic heterocycles. The number of carboxylic acid groups (broad SMARTS) is 1. The number of para-hydroxylation sites is 1. The number of sulfone groups is 1. The van der Waals surface area contributed by atoms with E-state index in [1.165, 1.54) is 18.2 Å². The highest BCUT2D eigenvalue weighted by Gasteiger charge is 2.20. The van der Waals surface area contributed by atoms with Gasteiger partial charge in [0.05, 0.1) is 10.6 Å². The van der Waals surface area contributed by atoms with Crippen LogP contribution in [-0.2, 0) is 21.3 Å². The van der Waals surface area contributed by atoms with Crippen molar-refractivity contribution in [1.82, 2.24) is 0 Å². The molecule has 34 heavy (non-hydrogen) atoms. The Labute approximate surface area is 197 Å². The van der Waals surface area contributed by atoms with Gasteiger partial charge >= 0.3 is 5.97 Å². The third-order valence-corrected chi connectivity index (χ3v) is 6.85. The molecule has 1 N–H and O–H groups in total. The lowest BCUT2D eigenvalue weighted by molar-refractivity contribution is -0.201. The summed E-state index contributed by atoms with van der Waals surface area (Å²) in [5.41, 5.74) is 0.923. The molecule has 174 valence electrons. The number of carbonyl (C=O) groups is 1. The summed E-state index contributed by atoms with van der Waals surface area (Å²) in [6.07, 6.45) is 0. The van der Waals surface area contributed by atoms with Crippen molar-refractivity contribution in [3.8, 4) is 11.5 Å². The van der Waals surface area contributed by atoms with Crippen LogP contribution in [0, 0.1) is 0 Å². The maximum atomic E-state index is 13.1. The van der Waals surface area contributed by atoms with Crippen LogP contribution in [-0.4, -0.2) is 31.9 Å². The fourth-order valence-electron chi connectivity index (χ4n) is 3.45. The number of hydrogen-bond donors (Lipinski definition) is 1. The average molecular weight is 479 g/mol. The van der Waals surface area contributed by atoms with Crippen molar-refractivity contribution in [1.29, 1.82) is 0 Å². The third-order valence-electron chi connectivity index (χ3n) is 5.12. The highest BCUT2D eigenvalue weighted by molar-refractivity contribution is 7.91. The summed E-state index contributed by atoms with van der Waals surface area (Å²) in [5, 5.41) is 10.4. The van der Waals surface area contributed by atoms with Crippen LogP contribution in [0.2, 0.25) is 0 Å². The van der Waals surface area contributed by atoms with E-state index in [-0.39, 0.29) is 28.6 Å². The van der Waals surface area contributed by atoms with Gasteiger partial charge in [-0.2, -0.15) is 4.89 Å². The molecule has 0 saturated carbocycles. The van der Waals surface area contributed by atoms with E-state index in [0.29, 0.717) is 23.1 Å². The maximum absolute atomic E-state index is 13.1. The molecule has 8 heteroatoms. The van der Waals surface area contributed by atoms with Gasteiger partial charge in [-0.1, -0.05) is 66.7 Å². The summed E-state index contributed by atoms with van der Waals surface area (Å²) >= 11 is 0. The average Bonchev–Trinajstić information content (AvgIpc) is 2.86. The van der Waals surface area contributed by atoms with Gasteiger partial charge in [0.15, 0.2) is 15.6 Å². The molecule has 0 atom stereocenters. The second-order valence-electron chi connectivity index (χ2n) is 7.41. The maximum Gasteiger partial charge on any atom is 0.339 e. The molecule has 0 aliphatic carbocycles. The van der Waals surface area contributed by atoms with Gasteiger partial charge in [0.25, 0.3) is 0 Å². The number of benzene rings is 4. The molecule has 0 amide bonds. The fraction of sp³-hybridized carbons (Fsp3) is 0.115. The Morgan fingerprint density at radius 2 is 1.44 bits per heavy atom. The van der Waals surface area contributed by atoms with Crippen molar-refractivity contribution in [3.63, 3.8) is 0 Å². The van der Waals surface area contributed by atoms with E-state index in [9.17, 15) is 18.3 Å². The van der Waals surface area contributed by atoms with Crippen molar-refractivity contribution in [3.05, 3.63) is 102 Å². The van der Waals surface area contributed by atoms with Gasteiger partial charge in [-0.05, 0) is 29.8 Å². The summed E-state index contributed by atoms with van der Waals surface area (Å²) in [6, 6.07) is 26.0. The second-order valence-corrected chi connectivity index (χ2v) is 9.48. The Bertz CT molecular complexity index is 1400. The zero-order valence-corrected chi connectivity index (χ0v) is 18.9. The lowest BCUT2D eigenvalue weighted by atomic mass is 10.1. The van der Waals surface area contributed by atoms with Gasteiger partial charge in [0, 0.05) is 10.8 Å². The number of ether oxygens (including phenoxy) is 1. The van der Waals surface area contributed by atoms with Gasteiger partial charge in [0.1, 0.15) is 24.5 Å². The molecule has 0 unspecified atom stereocenters. The van der Waals surface area contributed by atoms with Crippen LogP contribution < -0.4 is 9.62 Å². The standard InChI is InChI=1S/C26H22O7S/c27-26(28)22-12-6-7-13-24(22)33-32-16-17-34(29,30)25-15-14-23(20-10-4-5-11-21(20)25)31-18-19-8-2-1-3-9-19/h1-15H,16-18H2,(H,27,28). The second kappa shape index (κ2) is 10.4. The first-order chi connectivity index (χ1) is 16.5. The first kappa shape index (κ1) is 23.3. The Morgan fingerprint density at radius 3 is 2.21 bits per heavy atom. The molecule has 0 radical (unpaired) electrons. The Morgan fingerprint density at radius 1 is 0.765 bits per heavy atom. The monoisotopic (exact) mass is 478 g/mol. The topological polar surface area (TPSA) is 99.1 Å².